The van der Waals surface area contributed by atoms with Crippen molar-refractivity contribution in [2.24, 2.45) is 0 Å². The molecule has 1 unspecified atom stereocenters. The van der Waals surface area contributed by atoms with Gasteiger partial charge in [0, 0.05) is 44.1 Å². The molecule has 1 aliphatic rings. The molecule has 0 radical (unpaired) electrons. The molecule has 1 aromatic rings. The van der Waals surface area contributed by atoms with Crippen LogP contribution in [0.3, 0.4) is 0 Å². The van der Waals surface area contributed by atoms with Gasteiger partial charge in [0.2, 0.25) is 0 Å². The largest absolute Gasteiger partial charge is 0.354 e. The van der Waals surface area contributed by atoms with Gasteiger partial charge < -0.3 is 15.2 Å². The molecule has 0 bridgehead atoms. The Morgan fingerprint density at radius 3 is 3.00 bits per heavy atom. The van der Waals surface area contributed by atoms with Crippen molar-refractivity contribution in [2.45, 2.75) is 13.0 Å². The number of nitrogens with zero attached hydrogens (tertiary/aromatic N) is 3. The van der Waals surface area contributed by atoms with E-state index < -0.39 is 0 Å². The summed E-state index contributed by atoms with van der Waals surface area (Å²) in [6.07, 6.45) is 1.85. The van der Waals surface area contributed by atoms with E-state index in [-0.39, 0.29) is 0 Å². The van der Waals surface area contributed by atoms with Crippen molar-refractivity contribution in [3.8, 4) is 0 Å². The first-order valence-corrected chi connectivity index (χ1v) is 5.79. The highest BCUT2D eigenvalue weighted by Gasteiger charge is 2.21. The highest BCUT2D eigenvalue weighted by molar-refractivity contribution is 5.26. The summed E-state index contributed by atoms with van der Waals surface area (Å²) in [6.45, 7) is 6.36. The number of hydrogen-bond donors (Lipinski definition) is 2. The molecule has 5 nitrogen and oxygen atoms in total. The Hall–Kier alpha value is -1.07. The van der Waals surface area contributed by atoms with Gasteiger partial charge >= 0.3 is 0 Å². The minimum Gasteiger partial charge on any atom is -0.354 e. The number of H-pyrrole nitrogens is 1. The number of anilines is 1. The number of piperazine rings is 1. The summed E-state index contributed by atoms with van der Waals surface area (Å²) in [7, 11) is 4.36. The first-order chi connectivity index (χ1) is 7.65. The Bertz CT molecular complexity index is 335. The minimum atomic E-state index is 0.559. The van der Waals surface area contributed by atoms with Crippen molar-refractivity contribution in [1.29, 1.82) is 0 Å². The molecule has 1 fully saturated rings. The fraction of sp³-hybridized carbons (Fsp3) is 0.727. The second kappa shape index (κ2) is 4.84. The highest BCUT2D eigenvalue weighted by atomic mass is 15.3. The third kappa shape index (κ3) is 2.74. The lowest BCUT2D eigenvalue weighted by molar-refractivity contribution is 0.121. The molecule has 1 atom stereocenters. The molecule has 0 aliphatic carbocycles. The normalized spacial score (nSPS) is 23.6. The van der Waals surface area contributed by atoms with E-state index in [9.17, 15) is 0 Å². The van der Waals surface area contributed by atoms with Crippen LogP contribution in [-0.2, 0) is 0 Å². The molecule has 0 amide bonds. The van der Waals surface area contributed by atoms with Gasteiger partial charge in [-0.05, 0) is 21.0 Å². The Balaban J connectivity index is 1.84. The van der Waals surface area contributed by atoms with Crippen LogP contribution in [0.5, 0.6) is 0 Å². The van der Waals surface area contributed by atoms with Gasteiger partial charge in [-0.15, -0.1) is 0 Å². The van der Waals surface area contributed by atoms with Crippen molar-refractivity contribution >= 4 is 5.95 Å². The quantitative estimate of drug-likeness (QED) is 0.777. The number of nitrogens with one attached hydrogen (secondary N) is 2. The Labute approximate surface area is 96.8 Å². The van der Waals surface area contributed by atoms with E-state index in [1.807, 2.05) is 13.1 Å². The van der Waals surface area contributed by atoms with Crippen LogP contribution in [0.2, 0.25) is 0 Å². The molecule has 0 saturated carbocycles. The predicted molar refractivity (Wildman–Crippen MR) is 65.7 cm³/mol. The minimum absolute atomic E-state index is 0.559. The highest BCUT2D eigenvalue weighted by Crippen LogP contribution is 2.07. The van der Waals surface area contributed by atoms with Gasteiger partial charge in [-0.3, -0.25) is 4.90 Å². The SMILES string of the molecule is Cc1cnc(NCC2CN(C)CCN2C)[nH]1. The topological polar surface area (TPSA) is 47.2 Å². The summed E-state index contributed by atoms with van der Waals surface area (Å²) in [4.78, 5) is 12.2. The Morgan fingerprint density at radius 1 is 1.50 bits per heavy atom. The van der Waals surface area contributed by atoms with Gasteiger partial charge in [0.1, 0.15) is 0 Å². The predicted octanol–water partition coefficient (Wildman–Crippen LogP) is 0.376. The number of likely N-dealkylation sites (N-methyl/N-ethyl adjacent to an activating group) is 2. The van der Waals surface area contributed by atoms with Crippen molar-refractivity contribution in [3.63, 3.8) is 0 Å². The van der Waals surface area contributed by atoms with E-state index in [1.165, 1.54) is 0 Å². The lowest BCUT2D eigenvalue weighted by Crippen LogP contribution is -2.52. The maximum Gasteiger partial charge on any atom is 0.200 e. The van der Waals surface area contributed by atoms with Crippen LogP contribution in [0.25, 0.3) is 0 Å². The summed E-state index contributed by atoms with van der Waals surface area (Å²) >= 11 is 0. The van der Waals surface area contributed by atoms with Gasteiger partial charge in [0.25, 0.3) is 0 Å². The zero-order chi connectivity index (χ0) is 11.5. The number of rotatable bonds is 3. The second-order valence-corrected chi connectivity index (χ2v) is 4.69. The number of aryl methyl sites for hydroxylation is 1. The standard InChI is InChI=1S/C11H21N5/c1-9-6-12-11(14-9)13-7-10-8-15(2)4-5-16(10)3/h6,10H,4-5,7-8H2,1-3H3,(H2,12,13,14). The zero-order valence-corrected chi connectivity index (χ0v) is 10.3. The first-order valence-electron chi connectivity index (χ1n) is 5.79. The van der Waals surface area contributed by atoms with Crippen molar-refractivity contribution in [1.82, 2.24) is 19.8 Å². The van der Waals surface area contributed by atoms with Crippen molar-refractivity contribution in [3.05, 3.63) is 11.9 Å². The lowest BCUT2D eigenvalue weighted by Gasteiger charge is -2.37. The smallest absolute Gasteiger partial charge is 0.200 e. The van der Waals surface area contributed by atoms with E-state index in [0.717, 1.165) is 37.8 Å². The van der Waals surface area contributed by atoms with E-state index >= 15 is 0 Å². The molecule has 0 aromatic carbocycles. The number of hydrogen-bond acceptors (Lipinski definition) is 4. The van der Waals surface area contributed by atoms with E-state index in [0.29, 0.717) is 6.04 Å². The Morgan fingerprint density at radius 2 is 2.31 bits per heavy atom. The summed E-state index contributed by atoms with van der Waals surface area (Å²) in [5, 5.41) is 3.35. The van der Waals surface area contributed by atoms with Crippen LogP contribution in [0, 0.1) is 6.92 Å². The van der Waals surface area contributed by atoms with Crippen LogP contribution < -0.4 is 5.32 Å². The fourth-order valence-electron chi connectivity index (χ4n) is 2.04. The van der Waals surface area contributed by atoms with E-state index in [2.05, 4.69) is 39.2 Å². The fourth-order valence-corrected chi connectivity index (χ4v) is 2.04. The molecular weight excluding hydrogens is 202 g/mol. The van der Waals surface area contributed by atoms with Crippen LogP contribution in [0.4, 0.5) is 5.95 Å². The second-order valence-electron chi connectivity index (χ2n) is 4.69. The molecular formula is C11H21N5. The summed E-state index contributed by atoms with van der Waals surface area (Å²) in [5.41, 5.74) is 1.09. The van der Waals surface area contributed by atoms with Gasteiger partial charge in [-0.25, -0.2) is 4.98 Å². The van der Waals surface area contributed by atoms with Crippen LogP contribution in [-0.4, -0.2) is 66.1 Å². The van der Waals surface area contributed by atoms with Gasteiger partial charge in [-0.2, -0.15) is 0 Å². The number of imidazole rings is 1. The maximum atomic E-state index is 4.25. The van der Waals surface area contributed by atoms with Gasteiger partial charge in [-0.1, -0.05) is 0 Å². The van der Waals surface area contributed by atoms with E-state index in [4.69, 9.17) is 0 Å². The number of aromatic amines is 1. The molecule has 90 valence electrons. The Kier molecular flexibility index (Phi) is 3.46. The monoisotopic (exact) mass is 223 g/mol. The van der Waals surface area contributed by atoms with Crippen LogP contribution >= 0.6 is 0 Å². The third-order valence-electron chi connectivity index (χ3n) is 3.19. The first kappa shape index (κ1) is 11.4. The summed E-state index contributed by atoms with van der Waals surface area (Å²) in [5.74, 6) is 0.874. The third-order valence-corrected chi connectivity index (χ3v) is 3.19. The van der Waals surface area contributed by atoms with E-state index in [1.54, 1.807) is 0 Å². The molecule has 2 rings (SSSR count). The van der Waals surface area contributed by atoms with Crippen molar-refractivity contribution < 1.29 is 0 Å². The summed E-state index contributed by atoms with van der Waals surface area (Å²) < 4.78 is 0. The molecule has 2 N–H and O–H groups in total. The average molecular weight is 223 g/mol. The average Bonchev–Trinajstić information content (AvgIpc) is 2.66. The molecule has 0 spiro atoms. The molecule has 2 heterocycles. The van der Waals surface area contributed by atoms with Crippen molar-refractivity contribution in [2.75, 3.05) is 45.6 Å². The van der Waals surface area contributed by atoms with Gasteiger partial charge in [0.05, 0.1) is 0 Å². The van der Waals surface area contributed by atoms with Gasteiger partial charge in [0.15, 0.2) is 5.95 Å². The molecule has 1 aromatic heterocycles. The lowest BCUT2D eigenvalue weighted by atomic mass is 10.2. The zero-order valence-electron chi connectivity index (χ0n) is 10.3. The maximum absolute atomic E-state index is 4.25. The van der Waals surface area contributed by atoms with Crippen LogP contribution in [0.1, 0.15) is 5.69 Å². The van der Waals surface area contributed by atoms with Crippen LogP contribution in [0.15, 0.2) is 6.20 Å². The molecule has 5 heteroatoms. The molecule has 1 saturated heterocycles. The molecule has 1 aliphatic heterocycles. The number of aromatic nitrogens is 2. The molecule has 16 heavy (non-hydrogen) atoms. The summed E-state index contributed by atoms with van der Waals surface area (Å²) in [6, 6.07) is 0.559.